The second-order valence-corrected chi connectivity index (χ2v) is 6.90. The number of piperidine rings is 1. The van der Waals surface area contributed by atoms with E-state index in [2.05, 4.69) is 15.2 Å². The van der Waals surface area contributed by atoms with Gasteiger partial charge in [-0.15, -0.1) is 0 Å². The number of hydrogen-bond acceptors (Lipinski definition) is 4. The third-order valence-electron chi connectivity index (χ3n) is 5.04. The molecule has 27 heavy (non-hydrogen) atoms. The van der Waals surface area contributed by atoms with Gasteiger partial charge in [-0.1, -0.05) is 12.1 Å². The summed E-state index contributed by atoms with van der Waals surface area (Å²) in [5, 5.41) is 12.8. The number of aromatic amines is 1. The molecule has 1 aliphatic heterocycles. The van der Waals surface area contributed by atoms with Crippen molar-refractivity contribution >= 4 is 5.91 Å². The Hall–Kier alpha value is -2.74. The molecule has 1 amide bonds. The van der Waals surface area contributed by atoms with Crippen LogP contribution in [0.25, 0.3) is 0 Å². The first-order valence-corrected chi connectivity index (χ1v) is 8.96. The Kier molecular flexibility index (Phi) is 5.55. The maximum Gasteiger partial charge on any atom is 0.380 e. The molecule has 0 bridgehead atoms. The van der Waals surface area contributed by atoms with Gasteiger partial charge in [-0.25, -0.2) is 14.2 Å². The number of carbonyl (C=O) groups excluding carboxylic acids is 1. The topological polar surface area (TPSA) is 88.7 Å². The van der Waals surface area contributed by atoms with Gasteiger partial charge in [0.1, 0.15) is 11.9 Å². The zero-order chi connectivity index (χ0) is 19.6. The minimum Gasteiger partial charge on any atom is -0.498 e. The van der Waals surface area contributed by atoms with Crippen LogP contribution in [0.15, 0.2) is 29.1 Å². The molecule has 144 valence electrons. The van der Waals surface area contributed by atoms with Crippen molar-refractivity contribution in [2.24, 2.45) is 7.05 Å². The van der Waals surface area contributed by atoms with Crippen LogP contribution < -0.4 is 15.9 Å². The molecule has 1 unspecified atom stereocenters. The van der Waals surface area contributed by atoms with E-state index >= 15 is 0 Å². The molecule has 1 saturated heterocycles. The molecule has 7 nitrogen and oxygen atoms in total. The fourth-order valence-electron chi connectivity index (χ4n) is 3.41. The molecule has 8 heteroatoms. The summed E-state index contributed by atoms with van der Waals surface area (Å²) >= 11 is 0. The number of H-pyrrole nitrogens is 1. The van der Waals surface area contributed by atoms with Crippen LogP contribution >= 0.6 is 0 Å². The van der Waals surface area contributed by atoms with Crippen LogP contribution in [0.3, 0.4) is 0 Å². The van der Waals surface area contributed by atoms with Gasteiger partial charge in [0.2, 0.25) is 5.69 Å². The normalized spacial score (nSPS) is 17.7. The maximum atomic E-state index is 13.0. The summed E-state index contributed by atoms with van der Waals surface area (Å²) in [6, 6.07) is 5.71. The maximum absolute atomic E-state index is 13.0. The van der Waals surface area contributed by atoms with Gasteiger partial charge in [-0.05, 0) is 50.6 Å². The minimum absolute atomic E-state index is 0.0271. The number of nitrogens with zero attached hydrogens (tertiary/aromatic N) is 2. The van der Waals surface area contributed by atoms with Crippen molar-refractivity contribution in [3.05, 3.63) is 57.5 Å². The van der Waals surface area contributed by atoms with Gasteiger partial charge in [0.15, 0.2) is 0 Å². The van der Waals surface area contributed by atoms with E-state index in [-0.39, 0.29) is 24.1 Å². The second-order valence-electron chi connectivity index (χ2n) is 6.90. The molecule has 0 aliphatic carbocycles. The van der Waals surface area contributed by atoms with Crippen LogP contribution in [0.5, 0.6) is 5.75 Å². The number of benzene rings is 1. The summed E-state index contributed by atoms with van der Waals surface area (Å²) in [5.41, 5.74) is -0.0656. The Morgan fingerprint density at radius 2 is 2.00 bits per heavy atom. The Labute approximate surface area is 156 Å². The van der Waals surface area contributed by atoms with Crippen molar-refractivity contribution in [3.63, 3.8) is 0 Å². The smallest absolute Gasteiger partial charge is 0.380 e. The molecule has 0 spiro atoms. The zero-order valence-corrected chi connectivity index (χ0v) is 15.5. The van der Waals surface area contributed by atoms with Crippen LogP contribution in [0.1, 0.15) is 47.2 Å². The monoisotopic (exact) mass is 375 g/mol. The lowest BCUT2D eigenvalue weighted by Gasteiger charge is -2.30. The summed E-state index contributed by atoms with van der Waals surface area (Å²) in [4.78, 5) is 30.1. The van der Waals surface area contributed by atoms with E-state index in [1.807, 2.05) is 7.05 Å². The van der Waals surface area contributed by atoms with E-state index in [4.69, 9.17) is 0 Å². The van der Waals surface area contributed by atoms with Crippen LogP contribution in [0.4, 0.5) is 4.39 Å². The van der Waals surface area contributed by atoms with Crippen molar-refractivity contribution in [2.75, 3.05) is 13.6 Å². The number of nitrogens with one attached hydrogen (secondary N) is 2. The SMILES string of the molecule is CN1CCCCC1c1[nH+]c(C(=O)NCc2ccc(F)cc2)c(O)c(=O)n1C. The summed E-state index contributed by atoms with van der Waals surface area (Å²) in [5.74, 6) is -0.971. The second kappa shape index (κ2) is 7.87. The first-order valence-electron chi connectivity index (χ1n) is 8.96. The molecule has 2 heterocycles. The highest BCUT2D eigenvalue weighted by atomic mass is 19.1. The average molecular weight is 375 g/mol. The molecule has 1 aromatic heterocycles. The Bertz CT molecular complexity index is 895. The van der Waals surface area contributed by atoms with E-state index in [1.54, 1.807) is 19.2 Å². The fourth-order valence-corrected chi connectivity index (χ4v) is 3.41. The number of aromatic nitrogens is 2. The molecule has 1 aliphatic rings. The Morgan fingerprint density at radius 3 is 2.67 bits per heavy atom. The Morgan fingerprint density at radius 1 is 1.30 bits per heavy atom. The highest BCUT2D eigenvalue weighted by Gasteiger charge is 2.33. The summed E-state index contributed by atoms with van der Waals surface area (Å²) in [6.45, 7) is 1.06. The number of likely N-dealkylation sites (tertiary alicyclic amines) is 1. The first-order chi connectivity index (χ1) is 12.9. The number of aromatic hydroxyl groups is 1. The van der Waals surface area contributed by atoms with Crippen LogP contribution in [-0.4, -0.2) is 34.1 Å². The third-order valence-corrected chi connectivity index (χ3v) is 5.04. The van der Waals surface area contributed by atoms with Gasteiger partial charge < -0.3 is 10.4 Å². The molecule has 1 atom stereocenters. The van der Waals surface area contributed by atoms with Gasteiger partial charge in [0, 0.05) is 6.54 Å². The van der Waals surface area contributed by atoms with Crippen LogP contribution in [0.2, 0.25) is 0 Å². The van der Waals surface area contributed by atoms with Crippen LogP contribution in [0, 0.1) is 5.82 Å². The third kappa shape index (κ3) is 4.00. The fraction of sp³-hybridized carbons (Fsp3) is 0.421. The lowest BCUT2D eigenvalue weighted by Crippen LogP contribution is -2.43. The van der Waals surface area contributed by atoms with Crippen molar-refractivity contribution in [1.29, 1.82) is 0 Å². The quantitative estimate of drug-likeness (QED) is 0.839. The molecule has 0 saturated carbocycles. The van der Waals surface area contributed by atoms with Gasteiger partial charge >= 0.3 is 5.56 Å². The van der Waals surface area contributed by atoms with Gasteiger partial charge in [-0.2, -0.15) is 4.57 Å². The highest BCUT2D eigenvalue weighted by molar-refractivity contribution is 5.93. The molecular weight excluding hydrogens is 351 g/mol. The lowest BCUT2D eigenvalue weighted by atomic mass is 10.0. The molecule has 3 N–H and O–H groups in total. The molecule has 2 aromatic rings. The first kappa shape index (κ1) is 19.0. The van der Waals surface area contributed by atoms with Gasteiger partial charge in [-0.3, -0.25) is 9.69 Å². The van der Waals surface area contributed by atoms with Crippen LogP contribution in [-0.2, 0) is 13.6 Å². The summed E-state index contributed by atoms with van der Waals surface area (Å²) < 4.78 is 14.3. The number of carbonyl (C=O) groups is 1. The van der Waals surface area contributed by atoms with E-state index in [9.17, 15) is 19.1 Å². The van der Waals surface area contributed by atoms with Crippen molar-refractivity contribution in [2.45, 2.75) is 31.8 Å². The van der Waals surface area contributed by atoms with Crippen molar-refractivity contribution in [3.8, 4) is 5.75 Å². The molecular formula is C19H24FN4O3+. The van der Waals surface area contributed by atoms with Crippen molar-refractivity contribution in [1.82, 2.24) is 14.8 Å². The number of amides is 1. The molecule has 1 aromatic carbocycles. The minimum atomic E-state index is -0.616. The number of hydrogen-bond donors (Lipinski definition) is 2. The molecule has 0 radical (unpaired) electrons. The lowest BCUT2D eigenvalue weighted by molar-refractivity contribution is -0.411. The summed E-state index contributed by atoms with van der Waals surface area (Å²) in [6.07, 6.45) is 2.98. The summed E-state index contributed by atoms with van der Waals surface area (Å²) in [7, 11) is 3.56. The van der Waals surface area contributed by atoms with Crippen molar-refractivity contribution < 1.29 is 19.3 Å². The van der Waals surface area contributed by atoms with Gasteiger partial charge in [0.25, 0.3) is 17.5 Å². The van der Waals surface area contributed by atoms with E-state index in [1.165, 1.54) is 16.7 Å². The molecule has 3 rings (SSSR count). The highest BCUT2D eigenvalue weighted by Crippen LogP contribution is 2.26. The molecule has 1 fully saturated rings. The Balaban J connectivity index is 1.86. The van der Waals surface area contributed by atoms with E-state index in [0.29, 0.717) is 11.4 Å². The number of rotatable bonds is 4. The zero-order valence-electron chi connectivity index (χ0n) is 15.5. The largest absolute Gasteiger partial charge is 0.498 e. The standard InChI is InChI=1S/C19H23FN4O3/c1-23-10-4-3-5-14(23)17-22-15(16(25)19(27)24(17)2)18(26)21-11-12-6-8-13(20)9-7-12/h6-9,14,25H,3-5,10-11H2,1-2H3,(H,21,26)/p+1. The number of halogens is 1. The predicted molar refractivity (Wildman–Crippen MR) is 96.7 cm³/mol. The predicted octanol–water partition coefficient (Wildman–Crippen LogP) is 1.13. The van der Waals surface area contributed by atoms with E-state index < -0.39 is 17.2 Å². The van der Waals surface area contributed by atoms with E-state index in [0.717, 1.165) is 25.8 Å². The van der Waals surface area contributed by atoms with Gasteiger partial charge in [0.05, 0.1) is 7.05 Å². The average Bonchev–Trinajstić information content (AvgIpc) is 2.66.